The molecule has 1 aliphatic heterocycles. The molecule has 1 fully saturated rings. The van der Waals surface area contributed by atoms with Crippen LogP contribution in [0.25, 0.3) is 0 Å². The third-order valence-electron chi connectivity index (χ3n) is 5.44. The quantitative estimate of drug-likeness (QED) is 0.817. The molecule has 6 heteroatoms. The van der Waals surface area contributed by atoms with E-state index in [1.807, 2.05) is 43.1 Å². The summed E-state index contributed by atoms with van der Waals surface area (Å²) in [5.41, 5.74) is 2.96. The maximum Gasteiger partial charge on any atom is 0.317 e. The molecular formula is C23H30N4O2. The highest BCUT2D eigenvalue weighted by Crippen LogP contribution is 2.22. The molecule has 0 saturated carbocycles. The largest absolute Gasteiger partial charge is 0.338 e. The van der Waals surface area contributed by atoms with Crippen molar-refractivity contribution in [2.75, 3.05) is 26.7 Å². The average molecular weight is 395 g/mol. The summed E-state index contributed by atoms with van der Waals surface area (Å²) >= 11 is 0. The molecule has 0 bridgehead atoms. The Balaban J connectivity index is 1.50. The van der Waals surface area contributed by atoms with Crippen LogP contribution in [0.2, 0.25) is 0 Å². The van der Waals surface area contributed by atoms with Crippen molar-refractivity contribution < 1.29 is 9.59 Å². The molecule has 1 N–H and O–H groups in total. The summed E-state index contributed by atoms with van der Waals surface area (Å²) < 4.78 is 0. The lowest BCUT2D eigenvalue weighted by Gasteiger charge is -2.32. The molecule has 0 unspecified atom stereocenters. The number of nitrogens with zero attached hydrogens (tertiary/aromatic N) is 3. The average Bonchev–Trinajstić information content (AvgIpc) is 2.75. The van der Waals surface area contributed by atoms with Crippen LogP contribution < -0.4 is 5.32 Å². The van der Waals surface area contributed by atoms with Gasteiger partial charge in [0.2, 0.25) is 0 Å². The Morgan fingerprint density at radius 3 is 2.48 bits per heavy atom. The van der Waals surface area contributed by atoms with Gasteiger partial charge >= 0.3 is 6.03 Å². The minimum absolute atomic E-state index is 0.00986. The predicted octanol–water partition coefficient (Wildman–Crippen LogP) is 3.34. The number of piperidine rings is 1. The van der Waals surface area contributed by atoms with Crippen molar-refractivity contribution in [2.24, 2.45) is 5.92 Å². The van der Waals surface area contributed by atoms with Crippen LogP contribution in [0, 0.1) is 5.92 Å². The van der Waals surface area contributed by atoms with Crippen molar-refractivity contribution in [3.05, 3.63) is 65.5 Å². The second-order valence-electron chi connectivity index (χ2n) is 7.69. The summed E-state index contributed by atoms with van der Waals surface area (Å²) in [5.74, 6) is 0.589. The molecule has 3 amide bonds. The number of carbonyl (C=O) groups is 2. The molecule has 6 nitrogen and oxygen atoms in total. The Labute approximate surface area is 172 Å². The van der Waals surface area contributed by atoms with Crippen LogP contribution in [0.5, 0.6) is 0 Å². The van der Waals surface area contributed by atoms with Gasteiger partial charge in [0.15, 0.2) is 0 Å². The molecule has 0 aliphatic carbocycles. The van der Waals surface area contributed by atoms with E-state index in [0.717, 1.165) is 37.9 Å². The summed E-state index contributed by atoms with van der Waals surface area (Å²) in [7, 11) is 1.81. The van der Waals surface area contributed by atoms with E-state index in [4.69, 9.17) is 0 Å². The van der Waals surface area contributed by atoms with Crippen molar-refractivity contribution in [3.63, 3.8) is 0 Å². The molecule has 2 heterocycles. The molecule has 1 aromatic heterocycles. The molecule has 2 aromatic rings. The first-order chi connectivity index (χ1) is 14.1. The van der Waals surface area contributed by atoms with E-state index < -0.39 is 0 Å². The van der Waals surface area contributed by atoms with Gasteiger partial charge in [0.25, 0.3) is 5.91 Å². The Morgan fingerprint density at radius 1 is 1.14 bits per heavy atom. The highest BCUT2D eigenvalue weighted by atomic mass is 16.2. The molecule has 3 rings (SSSR count). The Morgan fingerprint density at radius 2 is 1.86 bits per heavy atom. The van der Waals surface area contributed by atoms with Crippen molar-refractivity contribution >= 4 is 11.9 Å². The Bertz CT molecular complexity index is 799. The summed E-state index contributed by atoms with van der Waals surface area (Å²) in [6.07, 6.45) is 6.54. The number of nitrogens with one attached hydrogen (secondary N) is 1. The maximum absolute atomic E-state index is 12.7. The van der Waals surface area contributed by atoms with Crippen LogP contribution in [-0.2, 0) is 13.0 Å². The van der Waals surface area contributed by atoms with Gasteiger partial charge < -0.3 is 15.1 Å². The van der Waals surface area contributed by atoms with Gasteiger partial charge in [-0.25, -0.2) is 4.79 Å². The first-order valence-electron chi connectivity index (χ1n) is 10.3. The molecule has 1 saturated heterocycles. The first-order valence-corrected chi connectivity index (χ1v) is 10.3. The number of hydrogen-bond donors (Lipinski definition) is 1. The number of amides is 3. The highest BCUT2D eigenvalue weighted by Gasteiger charge is 2.22. The molecule has 1 aromatic carbocycles. The van der Waals surface area contributed by atoms with Crippen LogP contribution >= 0.6 is 0 Å². The minimum Gasteiger partial charge on any atom is -0.338 e. The molecule has 1 aliphatic rings. The van der Waals surface area contributed by atoms with Gasteiger partial charge in [-0.3, -0.25) is 9.78 Å². The number of likely N-dealkylation sites (tertiary alicyclic amines) is 1. The summed E-state index contributed by atoms with van der Waals surface area (Å²) in [4.78, 5) is 32.3. The zero-order chi connectivity index (χ0) is 20.6. The fraction of sp³-hybridized carbons (Fsp3) is 0.435. The van der Waals surface area contributed by atoms with E-state index in [1.165, 1.54) is 5.56 Å². The minimum atomic E-state index is 0.00986. The van der Waals surface area contributed by atoms with Crippen LogP contribution in [0.3, 0.4) is 0 Å². The van der Waals surface area contributed by atoms with E-state index in [2.05, 4.69) is 22.4 Å². The van der Waals surface area contributed by atoms with Crippen molar-refractivity contribution in [3.8, 4) is 0 Å². The number of carbonyl (C=O) groups excluding carboxylic acids is 2. The zero-order valence-corrected chi connectivity index (χ0v) is 17.3. The van der Waals surface area contributed by atoms with Crippen molar-refractivity contribution in [1.29, 1.82) is 0 Å². The monoisotopic (exact) mass is 394 g/mol. The van der Waals surface area contributed by atoms with E-state index in [-0.39, 0.29) is 11.9 Å². The molecule has 0 spiro atoms. The SMILES string of the molecule is CCNC(=O)N1CCC(Cc2ccc(C(=O)N(C)Cc3cccnc3)cc2)CC1. The summed E-state index contributed by atoms with van der Waals surface area (Å²) in [6, 6.07) is 11.8. The second-order valence-corrected chi connectivity index (χ2v) is 7.69. The number of benzene rings is 1. The molecule has 29 heavy (non-hydrogen) atoms. The van der Waals surface area contributed by atoms with Crippen LogP contribution in [-0.4, -0.2) is 53.4 Å². The predicted molar refractivity (Wildman–Crippen MR) is 114 cm³/mol. The maximum atomic E-state index is 12.7. The fourth-order valence-corrected chi connectivity index (χ4v) is 3.78. The lowest BCUT2D eigenvalue weighted by molar-refractivity contribution is 0.0785. The Hall–Kier alpha value is -2.89. The number of rotatable bonds is 6. The zero-order valence-electron chi connectivity index (χ0n) is 17.3. The van der Waals surface area contributed by atoms with Crippen LogP contribution in [0.4, 0.5) is 4.79 Å². The summed E-state index contributed by atoms with van der Waals surface area (Å²) in [5, 5.41) is 2.87. The lowest BCUT2D eigenvalue weighted by atomic mass is 9.90. The Kier molecular flexibility index (Phi) is 7.22. The molecule has 0 atom stereocenters. The van der Waals surface area contributed by atoms with Gasteiger partial charge in [-0.05, 0) is 61.4 Å². The number of hydrogen-bond acceptors (Lipinski definition) is 3. The van der Waals surface area contributed by atoms with Gasteiger partial charge in [-0.15, -0.1) is 0 Å². The van der Waals surface area contributed by atoms with Crippen LogP contribution in [0.1, 0.15) is 41.3 Å². The van der Waals surface area contributed by atoms with Gasteiger partial charge in [-0.1, -0.05) is 18.2 Å². The van der Waals surface area contributed by atoms with E-state index in [9.17, 15) is 9.59 Å². The third-order valence-corrected chi connectivity index (χ3v) is 5.44. The summed E-state index contributed by atoms with van der Waals surface area (Å²) in [6.45, 7) is 4.77. The normalized spacial score (nSPS) is 14.5. The first kappa shape index (κ1) is 20.8. The topological polar surface area (TPSA) is 65.5 Å². The van der Waals surface area contributed by atoms with Crippen molar-refractivity contribution in [1.82, 2.24) is 20.1 Å². The van der Waals surface area contributed by atoms with Gasteiger partial charge in [0.05, 0.1) is 0 Å². The standard InChI is InChI=1S/C23H30N4O2/c1-3-25-23(29)27-13-10-19(11-14-27)15-18-6-8-21(9-7-18)22(28)26(2)17-20-5-4-12-24-16-20/h4-9,12,16,19H,3,10-11,13-15,17H2,1-2H3,(H,25,29). The smallest absolute Gasteiger partial charge is 0.317 e. The van der Waals surface area contributed by atoms with E-state index in [1.54, 1.807) is 17.3 Å². The van der Waals surface area contributed by atoms with E-state index >= 15 is 0 Å². The van der Waals surface area contributed by atoms with Crippen molar-refractivity contribution in [2.45, 2.75) is 32.7 Å². The van der Waals surface area contributed by atoms with Crippen LogP contribution in [0.15, 0.2) is 48.8 Å². The number of pyridine rings is 1. The molecular weight excluding hydrogens is 364 g/mol. The fourth-order valence-electron chi connectivity index (χ4n) is 3.78. The van der Waals surface area contributed by atoms with Gasteiger partial charge in [0.1, 0.15) is 0 Å². The van der Waals surface area contributed by atoms with Gasteiger partial charge in [-0.2, -0.15) is 0 Å². The second kappa shape index (κ2) is 10.0. The molecule has 0 radical (unpaired) electrons. The molecule has 154 valence electrons. The van der Waals surface area contributed by atoms with E-state index in [0.29, 0.717) is 24.6 Å². The lowest BCUT2D eigenvalue weighted by Crippen LogP contribution is -2.44. The highest BCUT2D eigenvalue weighted by molar-refractivity contribution is 5.94. The number of urea groups is 1. The van der Waals surface area contributed by atoms with Gasteiger partial charge in [0, 0.05) is 51.2 Å². The third kappa shape index (κ3) is 5.79. The number of aromatic nitrogens is 1.